The molecule has 2 rings (SSSR count). The van der Waals surface area contributed by atoms with E-state index in [0.29, 0.717) is 0 Å². The van der Waals surface area contributed by atoms with Crippen LogP contribution < -0.4 is 0 Å². The van der Waals surface area contributed by atoms with Gasteiger partial charge in [0, 0.05) is 11.1 Å². The SMILES string of the molecule is CC(C)(C)N=C(c1ccc(F)cc1)c1ccc(F)cc1. The van der Waals surface area contributed by atoms with Crippen LogP contribution in [0.1, 0.15) is 31.9 Å². The number of hydrogen-bond donors (Lipinski definition) is 0. The van der Waals surface area contributed by atoms with Gasteiger partial charge in [-0.25, -0.2) is 8.78 Å². The van der Waals surface area contributed by atoms with Crippen molar-refractivity contribution in [3.05, 3.63) is 71.3 Å². The summed E-state index contributed by atoms with van der Waals surface area (Å²) in [5, 5.41) is 0. The third kappa shape index (κ3) is 3.73. The molecule has 3 heteroatoms. The Bertz CT molecular complexity index is 557. The molecule has 0 aliphatic rings. The zero-order valence-electron chi connectivity index (χ0n) is 11.8. The molecule has 0 aliphatic carbocycles. The molecule has 0 spiro atoms. The lowest BCUT2D eigenvalue weighted by Gasteiger charge is -2.17. The van der Waals surface area contributed by atoms with Crippen LogP contribution in [-0.2, 0) is 0 Å². The highest BCUT2D eigenvalue weighted by molar-refractivity contribution is 6.13. The van der Waals surface area contributed by atoms with E-state index in [1.165, 1.54) is 24.3 Å². The number of halogens is 2. The maximum Gasteiger partial charge on any atom is 0.123 e. The van der Waals surface area contributed by atoms with Crippen molar-refractivity contribution in [1.29, 1.82) is 0 Å². The predicted molar refractivity (Wildman–Crippen MR) is 78.2 cm³/mol. The number of benzene rings is 2. The summed E-state index contributed by atoms with van der Waals surface area (Å²) in [7, 11) is 0. The summed E-state index contributed by atoms with van der Waals surface area (Å²) < 4.78 is 26.1. The van der Waals surface area contributed by atoms with Crippen molar-refractivity contribution in [3.8, 4) is 0 Å². The van der Waals surface area contributed by atoms with Crippen LogP contribution in [0.25, 0.3) is 0 Å². The fourth-order valence-corrected chi connectivity index (χ4v) is 1.85. The zero-order chi connectivity index (χ0) is 14.8. The molecule has 0 bridgehead atoms. The fourth-order valence-electron chi connectivity index (χ4n) is 1.85. The molecule has 1 nitrogen and oxygen atoms in total. The van der Waals surface area contributed by atoms with Gasteiger partial charge in [-0.05, 0) is 69.3 Å². The van der Waals surface area contributed by atoms with Gasteiger partial charge in [-0.3, -0.25) is 4.99 Å². The van der Waals surface area contributed by atoms with E-state index in [0.717, 1.165) is 16.8 Å². The Morgan fingerprint density at radius 2 is 1.10 bits per heavy atom. The fraction of sp³-hybridized carbons (Fsp3) is 0.235. The smallest absolute Gasteiger partial charge is 0.123 e. The van der Waals surface area contributed by atoms with Crippen LogP contribution in [0, 0.1) is 11.6 Å². The molecule has 0 saturated carbocycles. The van der Waals surface area contributed by atoms with E-state index in [2.05, 4.69) is 4.99 Å². The number of rotatable bonds is 2. The van der Waals surface area contributed by atoms with Crippen molar-refractivity contribution in [2.45, 2.75) is 26.3 Å². The first-order valence-corrected chi connectivity index (χ1v) is 6.47. The van der Waals surface area contributed by atoms with Gasteiger partial charge in [0.15, 0.2) is 0 Å². The molecule has 0 atom stereocenters. The van der Waals surface area contributed by atoms with Crippen molar-refractivity contribution in [3.63, 3.8) is 0 Å². The average molecular weight is 273 g/mol. The summed E-state index contributed by atoms with van der Waals surface area (Å²) in [6.45, 7) is 5.96. The van der Waals surface area contributed by atoms with Crippen molar-refractivity contribution in [2.24, 2.45) is 4.99 Å². The maximum atomic E-state index is 13.1. The maximum absolute atomic E-state index is 13.1. The molecule has 0 saturated heterocycles. The average Bonchev–Trinajstić information content (AvgIpc) is 2.37. The van der Waals surface area contributed by atoms with Gasteiger partial charge in [0.2, 0.25) is 0 Å². The van der Waals surface area contributed by atoms with Crippen LogP contribution in [0.15, 0.2) is 53.5 Å². The normalized spacial score (nSPS) is 11.2. The van der Waals surface area contributed by atoms with Crippen LogP contribution in [0.5, 0.6) is 0 Å². The summed E-state index contributed by atoms with van der Waals surface area (Å²) in [6, 6.07) is 12.3. The van der Waals surface area contributed by atoms with Crippen LogP contribution in [-0.4, -0.2) is 11.3 Å². The first kappa shape index (κ1) is 14.4. The molecular formula is C17H17F2N. The van der Waals surface area contributed by atoms with E-state index in [4.69, 9.17) is 0 Å². The molecule has 0 heterocycles. The molecule has 2 aromatic rings. The lowest BCUT2D eigenvalue weighted by atomic mass is 10.00. The van der Waals surface area contributed by atoms with Gasteiger partial charge in [-0.2, -0.15) is 0 Å². The molecule has 104 valence electrons. The van der Waals surface area contributed by atoms with Gasteiger partial charge in [-0.15, -0.1) is 0 Å². The van der Waals surface area contributed by atoms with Crippen LogP contribution in [0.4, 0.5) is 8.78 Å². The number of aliphatic imine (C=N–C) groups is 1. The Labute approximate surface area is 118 Å². The van der Waals surface area contributed by atoms with Crippen molar-refractivity contribution >= 4 is 5.71 Å². The second-order valence-corrected chi connectivity index (χ2v) is 5.65. The highest BCUT2D eigenvalue weighted by Crippen LogP contribution is 2.17. The Balaban J connectivity index is 2.53. The largest absolute Gasteiger partial charge is 0.278 e. The molecule has 0 aromatic heterocycles. The molecule has 0 aliphatic heterocycles. The third-order valence-electron chi connectivity index (χ3n) is 2.68. The first-order valence-electron chi connectivity index (χ1n) is 6.47. The minimum absolute atomic E-state index is 0.280. The molecule has 2 aromatic carbocycles. The quantitative estimate of drug-likeness (QED) is 0.709. The van der Waals surface area contributed by atoms with E-state index < -0.39 is 0 Å². The van der Waals surface area contributed by atoms with Crippen molar-refractivity contribution < 1.29 is 8.78 Å². The summed E-state index contributed by atoms with van der Waals surface area (Å²) >= 11 is 0. The molecule has 0 radical (unpaired) electrons. The summed E-state index contributed by atoms with van der Waals surface area (Å²) in [5.74, 6) is -0.578. The van der Waals surface area contributed by atoms with E-state index in [1.54, 1.807) is 24.3 Å². The molecule has 0 N–H and O–H groups in total. The molecule has 20 heavy (non-hydrogen) atoms. The number of hydrogen-bond acceptors (Lipinski definition) is 1. The van der Waals surface area contributed by atoms with Crippen molar-refractivity contribution in [2.75, 3.05) is 0 Å². The molecular weight excluding hydrogens is 256 g/mol. The highest BCUT2D eigenvalue weighted by Gasteiger charge is 2.13. The topological polar surface area (TPSA) is 12.4 Å². The minimum atomic E-state index is -0.289. The summed E-state index contributed by atoms with van der Waals surface area (Å²) in [4.78, 5) is 4.68. The summed E-state index contributed by atoms with van der Waals surface area (Å²) in [6.07, 6.45) is 0. The Morgan fingerprint density at radius 1 is 0.750 bits per heavy atom. The Kier molecular flexibility index (Phi) is 3.98. The van der Waals surface area contributed by atoms with E-state index in [9.17, 15) is 8.78 Å². The van der Waals surface area contributed by atoms with Crippen LogP contribution in [0.3, 0.4) is 0 Å². The van der Waals surface area contributed by atoms with Gasteiger partial charge in [0.05, 0.1) is 11.3 Å². The first-order chi connectivity index (χ1) is 9.35. The lowest BCUT2D eigenvalue weighted by Crippen LogP contribution is -2.16. The Morgan fingerprint density at radius 3 is 1.40 bits per heavy atom. The summed E-state index contributed by atoms with van der Waals surface area (Å²) in [5.41, 5.74) is 2.08. The van der Waals surface area contributed by atoms with E-state index >= 15 is 0 Å². The minimum Gasteiger partial charge on any atom is -0.278 e. The standard InChI is InChI=1S/C17H17F2N/c1-17(2,3)20-16(12-4-8-14(18)9-5-12)13-6-10-15(19)11-7-13/h4-11H,1-3H3. The second kappa shape index (κ2) is 5.53. The predicted octanol–water partition coefficient (Wildman–Crippen LogP) is 4.60. The molecule has 0 amide bonds. The van der Waals surface area contributed by atoms with E-state index in [-0.39, 0.29) is 17.2 Å². The van der Waals surface area contributed by atoms with E-state index in [1.807, 2.05) is 20.8 Å². The van der Waals surface area contributed by atoms with Gasteiger partial charge >= 0.3 is 0 Å². The molecule has 0 fully saturated rings. The Hall–Kier alpha value is -2.03. The monoisotopic (exact) mass is 273 g/mol. The van der Waals surface area contributed by atoms with Gasteiger partial charge in [0.25, 0.3) is 0 Å². The van der Waals surface area contributed by atoms with Gasteiger partial charge in [-0.1, -0.05) is 0 Å². The number of nitrogens with zero attached hydrogens (tertiary/aromatic N) is 1. The highest BCUT2D eigenvalue weighted by atomic mass is 19.1. The van der Waals surface area contributed by atoms with Crippen LogP contribution >= 0.6 is 0 Å². The second-order valence-electron chi connectivity index (χ2n) is 5.65. The molecule has 0 unspecified atom stereocenters. The van der Waals surface area contributed by atoms with Gasteiger partial charge < -0.3 is 0 Å². The van der Waals surface area contributed by atoms with Crippen LogP contribution in [0.2, 0.25) is 0 Å². The third-order valence-corrected chi connectivity index (χ3v) is 2.68. The zero-order valence-corrected chi connectivity index (χ0v) is 11.8. The van der Waals surface area contributed by atoms with Gasteiger partial charge in [0.1, 0.15) is 11.6 Å². The van der Waals surface area contributed by atoms with Crippen molar-refractivity contribution in [1.82, 2.24) is 0 Å². The lowest BCUT2D eigenvalue weighted by molar-refractivity contribution is 0.584.